The lowest BCUT2D eigenvalue weighted by atomic mass is 9.97. The Hall–Kier alpha value is -1.45. The summed E-state index contributed by atoms with van der Waals surface area (Å²) >= 11 is 0. The molecule has 4 heteroatoms. The molecule has 0 aliphatic heterocycles. The molecule has 0 aliphatic rings. The standard InChI is InChI=1S/C10H15N3O/c1-10(2,3)7-11-9(14)8-5-4-6-12-13-8/h4-6H,7H2,1-3H3,(H,11,14). The zero-order valence-electron chi connectivity index (χ0n) is 8.74. The molecule has 0 saturated heterocycles. The number of nitrogens with zero attached hydrogens (tertiary/aromatic N) is 2. The lowest BCUT2D eigenvalue weighted by Crippen LogP contribution is -2.32. The number of amides is 1. The van der Waals surface area contributed by atoms with Crippen LogP contribution in [0.1, 0.15) is 31.3 Å². The van der Waals surface area contributed by atoms with Crippen LogP contribution in [-0.2, 0) is 0 Å². The minimum atomic E-state index is -0.173. The van der Waals surface area contributed by atoms with Crippen molar-refractivity contribution in [2.75, 3.05) is 6.54 Å². The second-order valence-electron chi connectivity index (χ2n) is 4.35. The number of hydrogen-bond donors (Lipinski definition) is 1. The smallest absolute Gasteiger partial charge is 0.271 e. The lowest BCUT2D eigenvalue weighted by Gasteiger charge is -2.18. The quantitative estimate of drug-likeness (QED) is 0.769. The first-order valence-corrected chi connectivity index (χ1v) is 4.55. The summed E-state index contributed by atoms with van der Waals surface area (Å²) in [6.07, 6.45) is 1.54. The fourth-order valence-electron chi connectivity index (χ4n) is 0.859. The van der Waals surface area contributed by atoms with Crippen molar-refractivity contribution in [2.45, 2.75) is 20.8 Å². The van der Waals surface area contributed by atoms with Crippen LogP contribution in [-0.4, -0.2) is 22.6 Å². The molecule has 1 N–H and O–H groups in total. The molecule has 76 valence electrons. The topological polar surface area (TPSA) is 54.9 Å². The van der Waals surface area contributed by atoms with Crippen molar-refractivity contribution >= 4 is 5.91 Å². The molecule has 0 aromatic carbocycles. The lowest BCUT2D eigenvalue weighted by molar-refractivity contribution is 0.0933. The van der Waals surface area contributed by atoms with Gasteiger partial charge in [-0.2, -0.15) is 5.10 Å². The molecule has 0 saturated carbocycles. The maximum Gasteiger partial charge on any atom is 0.271 e. The monoisotopic (exact) mass is 193 g/mol. The largest absolute Gasteiger partial charge is 0.350 e. The Labute approximate surface area is 83.7 Å². The Kier molecular flexibility index (Phi) is 3.17. The van der Waals surface area contributed by atoms with E-state index in [0.29, 0.717) is 12.2 Å². The van der Waals surface area contributed by atoms with Crippen LogP contribution in [0, 0.1) is 5.41 Å². The first-order chi connectivity index (χ1) is 6.49. The summed E-state index contributed by atoms with van der Waals surface area (Å²) in [4.78, 5) is 11.5. The molecule has 4 nitrogen and oxygen atoms in total. The summed E-state index contributed by atoms with van der Waals surface area (Å²) in [5.41, 5.74) is 0.439. The Balaban J connectivity index is 2.52. The van der Waals surface area contributed by atoms with E-state index in [1.165, 1.54) is 0 Å². The molecule has 1 heterocycles. The number of carbonyl (C=O) groups is 1. The molecule has 0 radical (unpaired) electrons. The minimum Gasteiger partial charge on any atom is -0.350 e. The second-order valence-corrected chi connectivity index (χ2v) is 4.35. The van der Waals surface area contributed by atoms with Gasteiger partial charge in [-0.05, 0) is 17.5 Å². The summed E-state index contributed by atoms with van der Waals surface area (Å²) in [5.74, 6) is -0.173. The minimum absolute atomic E-state index is 0.0812. The number of aromatic nitrogens is 2. The van der Waals surface area contributed by atoms with E-state index in [4.69, 9.17) is 0 Å². The van der Waals surface area contributed by atoms with E-state index in [1.54, 1.807) is 18.3 Å². The first-order valence-electron chi connectivity index (χ1n) is 4.55. The molecule has 0 spiro atoms. The number of rotatable bonds is 2. The highest BCUT2D eigenvalue weighted by Gasteiger charge is 2.13. The van der Waals surface area contributed by atoms with Crippen LogP contribution in [0.15, 0.2) is 18.3 Å². The summed E-state index contributed by atoms with van der Waals surface area (Å²) in [6, 6.07) is 3.34. The van der Waals surface area contributed by atoms with Gasteiger partial charge in [0.15, 0.2) is 5.69 Å². The van der Waals surface area contributed by atoms with E-state index in [0.717, 1.165) is 0 Å². The summed E-state index contributed by atoms with van der Waals surface area (Å²) < 4.78 is 0. The highest BCUT2D eigenvalue weighted by molar-refractivity contribution is 5.91. The third-order valence-electron chi connectivity index (χ3n) is 1.58. The first kappa shape index (κ1) is 10.6. The highest BCUT2D eigenvalue weighted by atomic mass is 16.1. The Morgan fingerprint density at radius 3 is 2.71 bits per heavy atom. The Bertz CT molecular complexity index is 303. The Morgan fingerprint density at radius 2 is 2.21 bits per heavy atom. The van der Waals surface area contributed by atoms with E-state index in [-0.39, 0.29) is 11.3 Å². The third kappa shape index (κ3) is 3.51. The van der Waals surface area contributed by atoms with Crippen molar-refractivity contribution in [2.24, 2.45) is 5.41 Å². The second kappa shape index (κ2) is 4.17. The van der Waals surface area contributed by atoms with Crippen molar-refractivity contribution in [1.82, 2.24) is 15.5 Å². The van der Waals surface area contributed by atoms with Crippen molar-refractivity contribution in [1.29, 1.82) is 0 Å². The zero-order valence-corrected chi connectivity index (χ0v) is 8.74. The van der Waals surface area contributed by atoms with E-state index in [1.807, 2.05) is 0 Å². The van der Waals surface area contributed by atoms with Gasteiger partial charge in [-0.15, -0.1) is 5.10 Å². The van der Waals surface area contributed by atoms with Gasteiger partial charge in [0.05, 0.1) is 0 Å². The third-order valence-corrected chi connectivity index (χ3v) is 1.58. The van der Waals surface area contributed by atoms with Crippen LogP contribution in [0.3, 0.4) is 0 Å². The van der Waals surface area contributed by atoms with E-state index >= 15 is 0 Å². The SMILES string of the molecule is CC(C)(C)CNC(=O)c1cccnn1. The van der Waals surface area contributed by atoms with Crippen LogP contribution in [0.2, 0.25) is 0 Å². The molecule has 1 aromatic rings. The summed E-state index contributed by atoms with van der Waals surface area (Å²) in [5, 5.41) is 10.2. The maximum absolute atomic E-state index is 11.5. The van der Waals surface area contributed by atoms with E-state index < -0.39 is 0 Å². The number of carbonyl (C=O) groups excluding carboxylic acids is 1. The van der Waals surface area contributed by atoms with Gasteiger partial charge in [-0.25, -0.2) is 0 Å². The zero-order chi connectivity index (χ0) is 10.6. The molecule has 0 aliphatic carbocycles. The number of nitrogens with one attached hydrogen (secondary N) is 1. The molecule has 1 aromatic heterocycles. The molecule has 0 bridgehead atoms. The van der Waals surface area contributed by atoms with Crippen LogP contribution in [0.25, 0.3) is 0 Å². The molecular formula is C10H15N3O. The molecule has 0 atom stereocenters. The summed E-state index contributed by atoms with van der Waals surface area (Å²) in [7, 11) is 0. The van der Waals surface area contributed by atoms with Gasteiger partial charge in [0.1, 0.15) is 0 Å². The van der Waals surface area contributed by atoms with Gasteiger partial charge in [0, 0.05) is 12.7 Å². The van der Waals surface area contributed by atoms with Gasteiger partial charge in [0.2, 0.25) is 0 Å². The van der Waals surface area contributed by atoms with Crippen LogP contribution >= 0.6 is 0 Å². The average Bonchev–Trinajstić information content (AvgIpc) is 2.14. The van der Waals surface area contributed by atoms with Gasteiger partial charge in [-0.3, -0.25) is 4.79 Å². The predicted octanol–water partition coefficient (Wildman–Crippen LogP) is 1.25. The van der Waals surface area contributed by atoms with Crippen molar-refractivity contribution in [3.05, 3.63) is 24.0 Å². The van der Waals surface area contributed by atoms with Gasteiger partial charge >= 0.3 is 0 Å². The van der Waals surface area contributed by atoms with Crippen molar-refractivity contribution < 1.29 is 4.79 Å². The van der Waals surface area contributed by atoms with Crippen LogP contribution < -0.4 is 5.32 Å². The predicted molar refractivity (Wildman–Crippen MR) is 53.8 cm³/mol. The summed E-state index contributed by atoms with van der Waals surface area (Å²) in [6.45, 7) is 6.81. The average molecular weight is 193 g/mol. The highest BCUT2D eigenvalue weighted by Crippen LogP contribution is 2.10. The van der Waals surface area contributed by atoms with Gasteiger partial charge in [0.25, 0.3) is 5.91 Å². The number of hydrogen-bond acceptors (Lipinski definition) is 3. The van der Waals surface area contributed by atoms with E-state index in [2.05, 4.69) is 36.3 Å². The van der Waals surface area contributed by atoms with Gasteiger partial charge < -0.3 is 5.32 Å². The fraction of sp³-hybridized carbons (Fsp3) is 0.500. The molecule has 14 heavy (non-hydrogen) atoms. The maximum atomic E-state index is 11.5. The van der Waals surface area contributed by atoms with Crippen LogP contribution in [0.5, 0.6) is 0 Å². The van der Waals surface area contributed by atoms with Gasteiger partial charge in [-0.1, -0.05) is 20.8 Å². The molecule has 0 fully saturated rings. The van der Waals surface area contributed by atoms with E-state index in [9.17, 15) is 4.79 Å². The molecule has 0 unspecified atom stereocenters. The Morgan fingerprint density at radius 1 is 1.50 bits per heavy atom. The molecule has 1 amide bonds. The molecule has 1 rings (SSSR count). The normalized spacial score (nSPS) is 11.1. The van der Waals surface area contributed by atoms with Crippen molar-refractivity contribution in [3.63, 3.8) is 0 Å². The van der Waals surface area contributed by atoms with Crippen molar-refractivity contribution in [3.8, 4) is 0 Å². The molecular weight excluding hydrogens is 178 g/mol. The fourth-order valence-corrected chi connectivity index (χ4v) is 0.859. The van der Waals surface area contributed by atoms with Crippen LogP contribution in [0.4, 0.5) is 0 Å².